The van der Waals surface area contributed by atoms with Crippen LogP contribution in [-0.4, -0.2) is 15.8 Å². The van der Waals surface area contributed by atoms with E-state index in [0.29, 0.717) is 10.0 Å². The van der Waals surface area contributed by atoms with Crippen molar-refractivity contribution < 1.29 is 9.72 Å². The summed E-state index contributed by atoms with van der Waals surface area (Å²) in [6.07, 6.45) is 2.87. The Hall–Kier alpha value is -2.10. The van der Waals surface area contributed by atoms with Gasteiger partial charge in [0.05, 0.1) is 15.1 Å². The van der Waals surface area contributed by atoms with Crippen LogP contribution in [0.3, 0.4) is 0 Å². The maximum Gasteiger partial charge on any atom is 0.324 e. The SMILES string of the molecule is O=C(/C=C/c1ccc([N+](=O)[O-])s1)Nc1nc2c(Br)cccc2s1. The van der Waals surface area contributed by atoms with Crippen LogP contribution in [0.5, 0.6) is 0 Å². The van der Waals surface area contributed by atoms with E-state index in [2.05, 4.69) is 26.2 Å². The maximum atomic E-state index is 11.9. The Morgan fingerprint density at radius 1 is 1.30 bits per heavy atom. The molecule has 0 spiro atoms. The fraction of sp³-hybridized carbons (Fsp3) is 0. The average Bonchev–Trinajstić information content (AvgIpc) is 3.12. The van der Waals surface area contributed by atoms with Crippen LogP contribution in [0.25, 0.3) is 16.3 Å². The molecule has 1 amide bonds. The highest BCUT2D eigenvalue weighted by Crippen LogP contribution is 2.31. The van der Waals surface area contributed by atoms with Crippen LogP contribution in [0.2, 0.25) is 0 Å². The van der Waals surface area contributed by atoms with Gasteiger partial charge in [0.1, 0.15) is 0 Å². The molecule has 2 aromatic heterocycles. The lowest BCUT2D eigenvalue weighted by Crippen LogP contribution is -2.07. The first-order chi connectivity index (χ1) is 11.0. The van der Waals surface area contributed by atoms with Gasteiger partial charge < -0.3 is 0 Å². The summed E-state index contributed by atoms with van der Waals surface area (Å²) >= 11 is 5.80. The number of aromatic nitrogens is 1. The number of fused-ring (bicyclic) bond motifs is 1. The molecular weight excluding hydrogens is 402 g/mol. The molecule has 0 aliphatic heterocycles. The van der Waals surface area contributed by atoms with E-state index in [1.54, 1.807) is 6.07 Å². The highest BCUT2D eigenvalue weighted by molar-refractivity contribution is 9.10. The minimum absolute atomic E-state index is 0.0427. The van der Waals surface area contributed by atoms with E-state index in [9.17, 15) is 14.9 Å². The zero-order valence-electron chi connectivity index (χ0n) is 11.4. The largest absolute Gasteiger partial charge is 0.324 e. The van der Waals surface area contributed by atoms with Gasteiger partial charge in [-0.3, -0.25) is 20.2 Å². The van der Waals surface area contributed by atoms with Gasteiger partial charge in [0.25, 0.3) is 0 Å². The molecule has 0 radical (unpaired) electrons. The number of carbonyl (C=O) groups excluding carboxylic acids is 1. The molecule has 0 saturated carbocycles. The second kappa shape index (κ2) is 6.57. The average molecular weight is 410 g/mol. The summed E-state index contributed by atoms with van der Waals surface area (Å²) in [5.41, 5.74) is 0.797. The second-order valence-corrected chi connectivity index (χ2v) is 7.34. The van der Waals surface area contributed by atoms with Crippen molar-refractivity contribution in [3.63, 3.8) is 0 Å². The van der Waals surface area contributed by atoms with Crippen molar-refractivity contribution in [3.05, 3.63) is 55.9 Å². The van der Waals surface area contributed by atoms with Gasteiger partial charge in [-0.25, -0.2) is 4.98 Å². The van der Waals surface area contributed by atoms with E-state index >= 15 is 0 Å². The lowest BCUT2D eigenvalue weighted by Gasteiger charge is -1.94. The van der Waals surface area contributed by atoms with Crippen LogP contribution < -0.4 is 5.32 Å². The molecule has 0 unspecified atom stereocenters. The van der Waals surface area contributed by atoms with Crippen LogP contribution in [0.4, 0.5) is 10.1 Å². The highest BCUT2D eigenvalue weighted by atomic mass is 79.9. The number of hydrogen-bond acceptors (Lipinski definition) is 6. The number of para-hydroxylation sites is 1. The number of nitrogens with one attached hydrogen (secondary N) is 1. The Morgan fingerprint density at radius 3 is 2.83 bits per heavy atom. The minimum Gasteiger partial charge on any atom is -0.298 e. The van der Waals surface area contributed by atoms with Gasteiger partial charge in [0.15, 0.2) is 5.13 Å². The lowest BCUT2D eigenvalue weighted by molar-refractivity contribution is -0.380. The van der Waals surface area contributed by atoms with Crippen LogP contribution >= 0.6 is 38.6 Å². The highest BCUT2D eigenvalue weighted by Gasteiger charge is 2.10. The van der Waals surface area contributed by atoms with Crippen molar-refractivity contribution in [2.45, 2.75) is 0 Å². The molecule has 0 saturated heterocycles. The summed E-state index contributed by atoms with van der Waals surface area (Å²) in [4.78, 5) is 27.1. The minimum atomic E-state index is -0.457. The van der Waals surface area contributed by atoms with Crippen LogP contribution in [0.1, 0.15) is 4.88 Å². The number of carbonyl (C=O) groups is 1. The Kier molecular flexibility index (Phi) is 4.51. The predicted molar refractivity (Wildman–Crippen MR) is 96.0 cm³/mol. The number of benzene rings is 1. The van der Waals surface area contributed by atoms with Gasteiger partial charge in [-0.1, -0.05) is 28.7 Å². The number of halogens is 1. The molecule has 0 aliphatic rings. The molecule has 1 aromatic carbocycles. The molecule has 0 atom stereocenters. The second-order valence-electron chi connectivity index (χ2n) is 4.36. The van der Waals surface area contributed by atoms with Crippen molar-refractivity contribution >= 4 is 70.9 Å². The molecule has 0 fully saturated rings. The summed E-state index contributed by atoms with van der Waals surface area (Å²) in [5, 5.41) is 13.8. The summed E-state index contributed by atoms with van der Waals surface area (Å²) in [6.45, 7) is 0. The number of thiophene rings is 1. The van der Waals surface area contributed by atoms with Crippen LogP contribution in [0.15, 0.2) is 40.9 Å². The van der Waals surface area contributed by atoms with Crippen molar-refractivity contribution in [1.29, 1.82) is 0 Å². The van der Waals surface area contributed by atoms with Gasteiger partial charge in [-0.15, -0.1) is 0 Å². The third kappa shape index (κ3) is 3.63. The van der Waals surface area contributed by atoms with Crippen LogP contribution in [-0.2, 0) is 4.79 Å². The summed E-state index contributed by atoms with van der Waals surface area (Å²) in [7, 11) is 0. The molecule has 6 nitrogen and oxygen atoms in total. The molecule has 1 N–H and O–H groups in total. The quantitative estimate of drug-likeness (QED) is 0.385. The topological polar surface area (TPSA) is 85.1 Å². The zero-order chi connectivity index (χ0) is 16.4. The third-order valence-corrected chi connectivity index (χ3v) is 5.37. The van der Waals surface area contributed by atoms with Crippen LogP contribution in [0, 0.1) is 10.1 Å². The smallest absolute Gasteiger partial charge is 0.298 e. The van der Waals surface area contributed by atoms with E-state index in [1.807, 2.05) is 18.2 Å². The van der Waals surface area contributed by atoms with E-state index in [0.717, 1.165) is 26.0 Å². The first-order valence-corrected chi connectivity index (χ1v) is 8.74. The van der Waals surface area contributed by atoms with Gasteiger partial charge >= 0.3 is 5.00 Å². The van der Waals surface area contributed by atoms with Crippen molar-refractivity contribution in [2.75, 3.05) is 5.32 Å². The lowest BCUT2D eigenvalue weighted by atomic mass is 10.3. The number of anilines is 1. The van der Waals surface area contributed by atoms with Gasteiger partial charge in [0.2, 0.25) is 5.91 Å². The molecule has 116 valence electrons. The number of thiazole rings is 1. The fourth-order valence-corrected chi connectivity index (χ4v) is 4.01. The Bertz CT molecular complexity index is 932. The van der Waals surface area contributed by atoms with Crippen molar-refractivity contribution in [2.24, 2.45) is 0 Å². The number of rotatable bonds is 4. The molecule has 3 rings (SSSR count). The third-order valence-electron chi connectivity index (χ3n) is 2.79. The first-order valence-electron chi connectivity index (χ1n) is 6.31. The molecule has 0 aliphatic carbocycles. The van der Waals surface area contributed by atoms with E-state index in [-0.39, 0.29) is 10.9 Å². The molecule has 0 bridgehead atoms. The Morgan fingerprint density at radius 2 is 2.13 bits per heavy atom. The monoisotopic (exact) mass is 409 g/mol. The summed E-state index contributed by atoms with van der Waals surface area (Å²) < 4.78 is 1.83. The molecule has 23 heavy (non-hydrogen) atoms. The molecule has 3 aromatic rings. The predicted octanol–water partition coefficient (Wildman–Crippen LogP) is 4.68. The molecular formula is C14H8BrN3O3S2. The summed E-state index contributed by atoms with van der Waals surface area (Å²) in [6, 6.07) is 8.72. The van der Waals surface area contributed by atoms with Gasteiger partial charge in [-0.2, -0.15) is 0 Å². The van der Waals surface area contributed by atoms with Crippen molar-refractivity contribution in [1.82, 2.24) is 4.98 Å². The Balaban J connectivity index is 1.71. The fourth-order valence-electron chi connectivity index (χ4n) is 1.80. The standard InChI is InChI=1S/C14H8BrN3O3S2/c15-9-2-1-3-10-13(9)17-14(23-10)16-11(19)6-4-8-5-7-12(22-8)18(20)21/h1-7H,(H,16,17,19)/b6-4+. The van der Waals surface area contributed by atoms with Crippen molar-refractivity contribution in [3.8, 4) is 0 Å². The number of nitrogens with zero attached hydrogens (tertiary/aromatic N) is 2. The first kappa shape index (κ1) is 15.8. The van der Waals surface area contributed by atoms with E-state index < -0.39 is 4.92 Å². The number of nitro groups is 1. The maximum absolute atomic E-state index is 11.9. The molecule has 9 heteroatoms. The summed E-state index contributed by atoms with van der Waals surface area (Å²) in [5.74, 6) is -0.337. The van der Waals surface area contributed by atoms with Gasteiger partial charge in [0, 0.05) is 21.5 Å². The Labute approximate surface area is 146 Å². The molecule has 2 heterocycles. The van der Waals surface area contributed by atoms with E-state index in [1.165, 1.54) is 29.6 Å². The number of amides is 1. The van der Waals surface area contributed by atoms with E-state index in [4.69, 9.17) is 0 Å². The zero-order valence-corrected chi connectivity index (χ0v) is 14.6. The van der Waals surface area contributed by atoms with Gasteiger partial charge in [-0.05, 0) is 40.2 Å². The number of hydrogen-bond donors (Lipinski definition) is 1. The normalized spacial score (nSPS) is 11.2.